The van der Waals surface area contributed by atoms with Crippen molar-refractivity contribution in [1.82, 2.24) is 9.97 Å². The van der Waals surface area contributed by atoms with Crippen molar-refractivity contribution in [2.24, 2.45) is 0 Å². The van der Waals surface area contributed by atoms with Crippen molar-refractivity contribution in [3.63, 3.8) is 0 Å². The molecule has 0 saturated carbocycles. The van der Waals surface area contributed by atoms with Crippen LogP contribution in [-0.2, 0) is 0 Å². The highest BCUT2D eigenvalue weighted by Gasteiger charge is 2.12. The third-order valence-corrected chi connectivity index (χ3v) is 1.59. The molecule has 0 aliphatic carbocycles. The van der Waals surface area contributed by atoms with Crippen molar-refractivity contribution in [2.45, 2.75) is 6.92 Å². The van der Waals surface area contributed by atoms with Crippen LogP contribution in [0.3, 0.4) is 0 Å². The van der Waals surface area contributed by atoms with Crippen molar-refractivity contribution in [1.29, 1.82) is 0 Å². The fraction of sp³-hybridized carbons (Fsp3) is 0.500. The first-order valence-corrected chi connectivity index (χ1v) is 3.81. The molecule has 4 nitrogen and oxygen atoms in total. The Labute approximate surface area is 76.4 Å². The molecular weight excluding hydrogens is 173 g/mol. The molecular formula is C8H12FN3O. The summed E-state index contributed by atoms with van der Waals surface area (Å²) in [7, 11) is 4.88. The van der Waals surface area contributed by atoms with Crippen molar-refractivity contribution in [2.75, 3.05) is 26.1 Å². The minimum absolute atomic E-state index is 0.183. The lowest BCUT2D eigenvalue weighted by atomic mass is 10.4. The quantitative estimate of drug-likeness (QED) is 0.689. The van der Waals surface area contributed by atoms with Crippen LogP contribution in [0.1, 0.15) is 5.69 Å². The van der Waals surface area contributed by atoms with E-state index in [1.165, 1.54) is 7.11 Å². The van der Waals surface area contributed by atoms with E-state index in [9.17, 15) is 4.39 Å². The summed E-state index contributed by atoms with van der Waals surface area (Å²) < 4.78 is 18.2. The third kappa shape index (κ3) is 1.85. The number of aromatic nitrogens is 2. The molecule has 0 fully saturated rings. The van der Waals surface area contributed by atoms with Crippen molar-refractivity contribution < 1.29 is 9.13 Å². The lowest BCUT2D eigenvalue weighted by Crippen LogP contribution is -2.15. The van der Waals surface area contributed by atoms with E-state index < -0.39 is 5.82 Å². The zero-order valence-electron chi connectivity index (χ0n) is 8.13. The molecule has 0 aliphatic heterocycles. The minimum atomic E-state index is -0.411. The van der Waals surface area contributed by atoms with Crippen LogP contribution < -0.4 is 9.64 Å². The summed E-state index contributed by atoms with van der Waals surface area (Å²) in [6.07, 6.45) is 0. The predicted octanol–water partition coefficient (Wildman–Crippen LogP) is 0.999. The Bertz CT molecular complexity index is 315. The molecule has 1 heterocycles. The van der Waals surface area contributed by atoms with E-state index in [1.807, 2.05) is 0 Å². The smallest absolute Gasteiger partial charge is 0.318 e. The summed E-state index contributed by atoms with van der Waals surface area (Å²) in [5.74, 6) is -0.171. The number of anilines is 1. The third-order valence-electron chi connectivity index (χ3n) is 1.59. The molecule has 5 heteroatoms. The summed E-state index contributed by atoms with van der Waals surface area (Å²) in [6, 6.07) is 0.183. The molecule has 13 heavy (non-hydrogen) atoms. The number of ether oxygens (including phenoxy) is 1. The molecule has 72 valence electrons. The fourth-order valence-electron chi connectivity index (χ4n) is 0.907. The molecule has 0 N–H and O–H groups in total. The second kappa shape index (κ2) is 3.55. The van der Waals surface area contributed by atoms with Gasteiger partial charge in [-0.05, 0) is 6.92 Å². The van der Waals surface area contributed by atoms with Crippen molar-refractivity contribution in [3.8, 4) is 6.01 Å². The first-order valence-electron chi connectivity index (χ1n) is 3.81. The molecule has 0 atom stereocenters. The van der Waals surface area contributed by atoms with Gasteiger partial charge in [0.05, 0.1) is 12.8 Å². The van der Waals surface area contributed by atoms with Gasteiger partial charge in [0.1, 0.15) is 0 Å². The van der Waals surface area contributed by atoms with E-state index in [0.29, 0.717) is 0 Å². The summed E-state index contributed by atoms with van der Waals surface area (Å²) >= 11 is 0. The molecule has 0 radical (unpaired) electrons. The van der Waals surface area contributed by atoms with Crippen LogP contribution in [0.15, 0.2) is 0 Å². The topological polar surface area (TPSA) is 38.2 Å². The average Bonchev–Trinajstić information content (AvgIpc) is 2.09. The van der Waals surface area contributed by atoms with E-state index >= 15 is 0 Å². The normalized spacial score (nSPS) is 9.92. The lowest BCUT2D eigenvalue weighted by molar-refractivity contribution is 0.375. The molecule has 0 unspecified atom stereocenters. The van der Waals surface area contributed by atoms with E-state index in [4.69, 9.17) is 4.74 Å². The van der Waals surface area contributed by atoms with Gasteiger partial charge >= 0.3 is 6.01 Å². The SMILES string of the molecule is COc1nc(C)c(F)c(N(C)C)n1. The molecule has 0 aromatic carbocycles. The largest absolute Gasteiger partial charge is 0.467 e. The number of halogens is 1. The predicted molar refractivity (Wildman–Crippen MR) is 47.6 cm³/mol. The van der Waals surface area contributed by atoms with Gasteiger partial charge in [0.2, 0.25) is 0 Å². The van der Waals surface area contributed by atoms with Crippen LogP contribution in [0.2, 0.25) is 0 Å². The van der Waals surface area contributed by atoms with Crippen LogP contribution >= 0.6 is 0 Å². The number of hydrogen-bond donors (Lipinski definition) is 0. The number of methoxy groups -OCH3 is 1. The van der Waals surface area contributed by atoms with Crippen LogP contribution in [0, 0.1) is 12.7 Å². The van der Waals surface area contributed by atoms with Crippen molar-refractivity contribution in [3.05, 3.63) is 11.5 Å². The first-order chi connectivity index (χ1) is 6.06. The highest BCUT2D eigenvalue weighted by molar-refractivity contribution is 5.40. The number of aryl methyl sites for hydroxylation is 1. The van der Waals surface area contributed by atoms with Crippen LogP contribution in [0.4, 0.5) is 10.2 Å². The van der Waals surface area contributed by atoms with E-state index in [1.54, 1.807) is 25.9 Å². The van der Waals surface area contributed by atoms with Gasteiger partial charge in [-0.3, -0.25) is 0 Å². The van der Waals surface area contributed by atoms with Crippen LogP contribution in [-0.4, -0.2) is 31.2 Å². The second-order valence-corrected chi connectivity index (χ2v) is 2.83. The number of rotatable bonds is 2. The van der Waals surface area contributed by atoms with Gasteiger partial charge < -0.3 is 9.64 Å². The Morgan fingerprint density at radius 3 is 2.38 bits per heavy atom. The molecule has 0 saturated heterocycles. The summed E-state index contributed by atoms with van der Waals surface area (Å²) in [5.41, 5.74) is 0.288. The molecule has 0 aliphatic rings. The van der Waals surface area contributed by atoms with E-state index in [0.717, 1.165) is 0 Å². The molecule has 0 bridgehead atoms. The fourth-order valence-corrected chi connectivity index (χ4v) is 0.907. The Morgan fingerprint density at radius 1 is 1.31 bits per heavy atom. The Kier molecular flexibility index (Phi) is 2.65. The Hall–Kier alpha value is -1.39. The van der Waals surface area contributed by atoms with Crippen LogP contribution in [0.25, 0.3) is 0 Å². The Morgan fingerprint density at radius 2 is 1.92 bits per heavy atom. The van der Waals surface area contributed by atoms with Gasteiger partial charge in [0.25, 0.3) is 0 Å². The number of nitrogens with zero attached hydrogens (tertiary/aromatic N) is 3. The zero-order valence-corrected chi connectivity index (χ0v) is 8.13. The average molecular weight is 185 g/mol. The highest BCUT2D eigenvalue weighted by Crippen LogP contribution is 2.18. The van der Waals surface area contributed by atoms with Gasteiger partial charge in [-0.2, -0.15) is 9.97 Å². The molecule has 1 aromatic rings. The standard InChI is InChI=1S/C8H12FN3O/c1-5-6(9)7(12(2)3)11-8(10-5)13-4/h1-4H3. The van der Waals surface area contributed by atoms with Gasteiger partial charge in [-0.15, -0.1) is 0 Å². The van der Waals surface area contributed by atoms with Crippen molar-refractivity contribution >= 4 is 5.82 Å². The van der Waals surface area contributed by atoms with E-state index in [-0.39, 0.29) is 17.5 Å². The van der Waals surface area contributed by atoms with Gasteiger partial charge in [0, 0.05) is 14.1 Å². The minimum Gasteiger partial charge on any atom is -0.467 e. The van der Waals surface area contributed by atoms with Gasteiger partial charge in [0.15, 0.2) is 11.6 Å². The maximum absolute atomic E-state index is 13.3. The molecule has 0 amide bonds. The van der Waals surface area contributed by atoms with Crippen LogP contribution in [0.5, 0.6) is 6.01 Å². The summed E-state index contributed by atoms with van der Waals surface area (Å²) in [4.78, 5) is 9.24. The molecule has 1 aromatic heterocycles. The first kappa shape index (κ1) is 9.70. The van der Waals surface area contributed by atoms with Gasteiger partial charge in [-0.1, -0.05) is 0 Å². The highest BCUT2D eigenvalue weighted by atomic mass is 19.1. The zero-order chi connectivity index (χ0) is 10.0. The van der Waals surface area contributed by atoms with Gasteiger partial charge in [-0.25, -0.2) is 4.39 Å². The maximum atomic E-state index is 13.3. The Balaban J connectivity index is 3.25. The molecule has 1 rings (SSSR count). The summed E-state index contributed by atoms with van der Waals surface area (Å²) in [5, 5.41) is 0. The summed E-state index contributed by atoms with van der Waals surface area (Å²) in [6.45, 7) is 1.58. The number of hydrogen-bond acceptors (Lipinski definition) is 4. The monoisotopic (exact) mass is 185 g/mol. The van der Waals surface area contributed by atoms with E-state index in [2.05, 4.69) is 9.97 Å². The molecule has 0 spiro atoms. The lowest BCUT2D eigenvalue weighted by Gasteiger charge is -2.13. The second-order valence-electron chi connectivity index (χ2n) is 2.83. The maximum Gasteiger partial charge on any atom is 0.318 e.